The molecule has 0 amide bonds. The summed E-state index contributed by atoms with van der Waals surface area (Å²) in [7, 11) is 0. The summed E-state index contributed by atoms with van der Waals surface area (Å²) >= 11 is 1.37. The Balaban J connectivity index is 1.52. The molecule has 1 aliphatic rings. The minimum Gasteiger partial charge on any atom is -0.479 e. The number of thiazole rings is 1. The first kappa shape index (κ1) is 29.6. The number of aromatic nitrogens is 1. The van der Waals surface area contributed by atoms with Gasteiger partial charge in [0.1, 0.15) is 10.8 Å². The van der Waals surface area contributed by atoms with Crippen LogP contribution < -0.4 is 4.74 Å². The summed E-state index contributed by atoms with van der Waals surface area (Å²) in [5, 5.41) is 14.6. The molecule has 3 aromatic rings. The molecular formula is C30H33F3N2O4S. The van der Waals surface area contributed by atoms with Crippen LogP contribution >= 0.6 is 11.3 Å². The maximum absolute atomic E-state index is 12.9. The van der Waals surface area contributed by atoms with Crippen molar-refractivity contribution in [3.63, 3.8) is 0 Å². The molecule has 1 unspecified atom stereocenters. The van der Waals surface area contributed by atoms with Crippen LogP contribution in [-0.2, 0) is 22.4 Å². The molecule has 0 radical (unpaired) electrons. The third-order valence-electron chi connectivity index (χ3n) is 7.09. The summed E-state index contributed by atoms with van der Waals surface area (Å²) < 4.78 is 44.5. The zero-order valence-electron chi connectivity index (χ0n) is 22.8. The standard InChI is InChI=1S/C30H33F3N2O4S/c1-4-24(29(36)37)39-25-15-12-22(16-18(25)2)27(20-8-6-5-7-9-20)35-38-17-26-19(3)34-28(40-26)21-10-13-23(14-11-21)30(31,32)33/h10-16,20,24H,4-9,17H2,1-3H3,(H,36,37). The Morgan fingerprint density at radius 1 is 1.12 bits per heavy atom. The lowest BCUT2D eigenvalue weighted by Crippen LogP contribution is -2.26. The number of carboxylic acid groups (broad SMARTS) is 1. The van der Waals surface area contributed by atoms with Gasteiger partial charge in [-0.3, -0.25) is 0 Å². The van der Waals surface area contributed by atoms with Crippen LogP contribution in [0, 0.1) is 19.8 Å². The SMILES string of the molecule is CCC(Oc1ccc(C(=NOCc2sc(-c3ccc(C(F)(F)F)cc3)nc2C)C2CCCCC2)cc1C)C(=O)O. The number of halogens is 3. The van der Waals surface area contributed by atoms with E-state index >= 15 is 0 Å². The molecule has 1 fully saturated rings. The zero-order valence-corrected chi connectivity index (χ0v) is 23.6. The van der Waals surface area contributed by atoms with E-state index in [2.05, 4.69) is 10.1 Å². The number of aliphatic carboxylic acids is 1. The highest BCUT2D eigenvalue weighted by molar-refractivity contribution is 7.15. The molecular weight excluding hydrogens is 541 g/mol. The van der Waals surface area contributed by atoms with Gasteiger partial charge in [0, 0.05) is 17.0 Å². The van der Waals surface area contributed by atoms with Crippen molar-refractivity contribution in [2.75, 3.05) is 0 Å². The summed E-state index contributed by atoms with van der Waals surface area (Å²) in [6, 6.07) is 10.6. The Bertz CT molecular complexity index is 1350. The lowest BCUT2D eigenvalue weighted by Gasteiger charge is -2.24. The molecule has 0 aliphatic heterocycles. The Hall–Kier alpha value is -3.40. The van der Waals surface area contributed by atoms with Crippen molar-refractivity contribution in [1.82, 2.24) is 4.98 Å². The van der Waals surface area contributed by atoms with Crippen LogP contribution in [0.3, 0.4) is 0 Å². The smallest absolute Gasteiger partial charge is 0.416 e. The van der Waals surface area contributed by atoms with Gasteiger partial charge in [0.15, 0.2) is 12.7 Å². The Kier molecular flexibility index (Phi) is 9.50. The van der Waals surface area contributed by atoms with Gasteiger partial charge in [-0.05, 0) is 69.0 Å². The molecule has 6 nitrogen and oxygen atoms in total. The fraction of sp³-hybridized carbons (Fsp3) is 0.433. The third-order valence-corrected chi connectivity index (χ3v) is 8.27. The molecule has 0 saturated heterocycles. The van der Waals surface area contributed by atoms with Gasteiger partial charge in [-0.25, -0.2) is 9.78 Å². The molecule has 40 heavy (non-hydrogen) atoms. The van der Waals surface area contributed by atoms with Crippen LogP contribution in [0.5, 0.6) is 5.75 Å². The van der Waals surface area contributed by atoms with E-state index in [0.29, 0.717) is 22.7 Å². The number of hydrogen-bond acceptors (Lipinski definition) is 6. The first-order valence-corrected chi connectivity index (χ1v) is 14.2. The second-order valence-corrected chi connectivity index (χ2v) is 11.1. The molecule has 1 aliphatic carbocycles. The summed E-state index contributed by atoms with van der Waals surface area (Å²) in [5.41, 5.74) is 3.25. The maximum atomic E-state index is 12.9. The monoisotopic (exact) mass is 574 g/mol. The number of ether oxygens (including phenoxy) is 1. The lowest BCUT2D eigenvalue weighted by atomic mass is 9.83. The molecule has 1 aromatic heterocycles. The van der Waals surface area contributed by atoms with E-state index in [4.69, 9.17) is 9.57 Å². The highest BCUT2D eigenvalue weighted by Crippen LogP contribution is 2.34. The van der Waals surface area contributed by atoms with Crippen molar-refractivity contribution in [1.29, 1.82) is 0 Å². The van der Waals surface area contributed by atoms with Gasteiger partial charge in [-0.15, -0.1) is 11.3 Å². The van der Waals surface area contributed by atoms with Gasteiger partial charge in [0.25, 0.3) is 0 Å². The van der Waals surface area contributed by atoms with Gasteiger partial charge >= 0.3 is 12.1 Å². The number of alkyl halides is 3. The second-order valence-electron chi connectivity index (χ2n) is 10.0. The number of nitrogens with zero attached hydrogens (tertiary/aromatic N) is 2. The van der Waals surface area contributed by atoms with Crippen molar-refractivity contribution in [2.45, 2.75) is 78.2 Å². The van der Waals surface area contributed by atoms with E-state index in [1.165, 1.54) is 29.9 Å². The third kappa shape index (κ3) is 7.21. The molecule has 2 aromatic carbocycles. The van der Waals surface area contributed by atoms with Crippen LogP contribution in [0.25, 0.3) is 10.6 Å². The van der Waals surface area contributed by atoms with Crippen LogP contribution in [0.1, 0.15) is 72.7 Å². The Morgan fingerprint density at radius 3 is 2.42 bits per heavy atom. The molecule has 4 rings (SSSR count). The molecule has 10 heteroatoms. The van der Waals surface area contributed by atoms with Crippen molar-refractivity contribution >= 4 is 23.0 Å². The predicted molar refractivity (Wildman–Crippen MR) is 149 cm³/mol. The summed E-state index contributed by atoms with van der Waals surface area (Å²) in [6.07, 6.45) is 0.507. The largest absolute Gasteiger partial charge is 0.479 e. The van der Waals surface area contributed by atoms with E-state index in [9.17, 15) is 23.1 Å². The average Bonchev–Trinajstić information content (AvgIpc) is 3.30. The van der Waals surface area contributed by atoms with Gasteiger partial charge < -0.3 is 14.7 Å². The lowest BCUT2D eigenvalue weighted by molar-refractivity contribution is -0.145. The van der Waals surface area contributed by atoms with Gasteiger partial charge in [-0.1, -0.05) is 43.5 Å². The normalized spacial score (nSPS) is 15.6. The molecule has 1 atom stereocenters. The Labute approximate surface area is 235 Å². The first-order chi connectivity index (χ1) is 19.1. The first-order valence-electron chi connectivity index (χ1n) is 13.4. The van der Waals surface area contributed by atoms with E-state index in [1.807, 2.05) is 26.0 Å². The van der Waals surface area contributed by atoms with Crippen molar-refractivity contribution in [3.05, 3.63) is 69.7 Å². The minimum atomic E-state index is -4.38. The maximum Gasteiger partial charge on any atom is 0.416 e. The van der Waals surface area contributed by atoms with Crippen molar-refractivity contribution < 1.29 is 32.6 Å². The van der Waals surface area contributed by atoms with E-state index in [1.54, 1.807) is 13.0 Å². The summed E-state index contributed by atoms with van der Waals surface area (Å²) in [5.74, 6) is -0.228. The summed E-state index contributed by atoms with van der Waals surface area (Å²) in [6.45, 7) is 5.69. The second kappa shape index (κ2) is 12.8. The number of hydrogen-bond donors (Lipinski definition) is 1. The number of benzene rings is 2. The number of aryl methyl sites for hydroxylation is 2. The van der Waals surface area contributed by atoms with Gasteiger partial charge in [0.2, 0.25) is 0 Å². The number of carboxylic acids is 1. The molecule has 214 valence electrons. The van der Waals surface area contributed by atoms with E-state index in [0.717, 1.165) is 65.2 Å². The average molecular weight is 575 g/mol. The quantitative estimate of drug-likeness (QED) is 0.195. The fourth-order valence-corrected chi connectivity index (χ4v) is 5.76. The fourth-order valence-electron chi connectivity index (χ4n) is 4.79. The Morgan fingerprint density at radius 2 is 1.82 bits per heavy atom. The van der Waals surface area contributed by atoms with Crippen LogP contribution in [-0.4, -0.2) is 27.9 Å². The highest BCUT2D eigenvalue weighted by atomic mass is 32.1. The van der Waals surface area contributed by atoms with E-state index in [-0.39, 0.29) is 12.5 Å². The molecule has 1 saturated carbocycles. The molecule has 0 bridgehead atoms. The van der Waals surface area contributed by atoms with Gasteiger partial charge in [0.05, 0.1) is 21.8 Å². The van der Waals surface area contributed by atoms with Crippen LogP contribution in [0.2, 0.25) is 0 Å². The van der Waals surface area contributed by atoms with Crippen molar-refractivity contribution in [3.8, 4) is 16.3 Å². The summed E-state index contributed by atoms with van der Waals surface area (Å²) in [4.78, 5) is 22.7. The number of carbonyl (C=O) groups is 1. The molecule has 1 N–H and O–H groups in total. The van der Waals surface area contributed by atoms with Crippen LogP contribution in [0.4, 0.5) is 13.2 Å². The molecule has 1 heterocycles. The topological polar surface area (TPSA) is 81.0 Å². The number of oxime groups is 1. The molecule has 0 spiro atoms. The predicted octanol–water partition coefficient (Wildman–Crippen LogP) is 8.19. The van der Waals surface area contributed by atoms with Gasteiger partial charge in [-0.2, -0.15) is 13.2 Å². The van der Waals surface area contributed by atoms with E-state index < -0.39 is 23.8 Å². The van der Waals surface area contributed by atoms with Crippen molar-refractivity contribution in [2.24, 2.45) is 11.1 Å². The number of rotatable bonds is 10. The van der Waals surface area contributed by atoms with Crippen LogP contribution in [0.15, 0.2) is 47.6 Å². The minimum absolute atomic E-state index is 0.192. The zero-order chi connectivity index (χ0) is 28.9. The highest BCUT2D eigenvalue weighted by Gasteiger charge is 2.30.